The SMILES string of the molecule is O=c1[nH]cc(C2CC2)o1. The Bertz CT molecular complexity index is 256. The normalized spacial score (nSPS) is 18.2. The quantitative estimate of drug-likeness (QED) is 0.604. The van der Waals surface area contributed by atoms with Gasteiger partial charge in [0.2, 0.25) is 0 Å². The van der Waals surface area contributed by atoms with Crippen molar-refractivity contribution in [3.63, 3.8) is 0 Å². The van der Waals surface area contributed by atoms with Gasteiger partial charge in [0.05, 0.1) is 0 Å². The lowest BCUT2D eigenvalue weighted by Gasteiger charge is -1.80. The van der Waals surface area contributed by atoms with Gasteiger partial charge in [-0.1, -0.05) is 0 Å². The highest BCUT2D eigenvalue weighted by Crippen LogP contribution is 2.38. The van der Waals surface area contributed by atoms with Crippen LogP contribution in [0.1, 0.15) is 24.5 Å². The van der Waals surface area contributed by atoms with Crippen LogP contribution in [0.5, 0.6) is 0 Å². The molecule has 0 aromatic carbocycles. The summed E-state index contributed by atoms with van der Waals surface area (Å²) in [5.74, 6) is 1.01. The molecule has 1 aliphatic carbocycles. The summed E-state index contributed by atoms with van der Waals surface area (Å²) in [5.41, 5.74) is 0. The standard InChI is InChI=1S/C6H7NO2/c8-6-7-3-5(9-6)4-1-2-4/h3-4H,1-2H2,(H,7,8). The molecule has 0 unspecified atom stereocenters. The van der Waals surface area contributed by atoms with Gasteiger partial charge in [-0.05, 0) is 12.8 Å². The van der Waals surface area contributed by atoms with Gasteiger partial charge in [-0.2, -0.15) is 0 Å². The molecule has 0 radical (unpaired) electrons. The third-order valence-electron chi connectivity index (χ3n) is 1.52. The molecule has 1 fully saturated rings. The molecule has 2 rings (SSSR count). The molecule has 9 heavy (non-hydrogen) atoms. The van der Waals surface area contributed by atoms with Crippen LogP contribution >= 0.6 is 0 Å². The predicted molar refractivity (Wildman–Crippen MR) is 31.3 cm³/mol. The summed E-state index contributed by atoms with van der Waals surface area (Å²) < 4.78 is 4.80. The number of hydrogen-bond acceptors (Lipinski definition) is 2. The summed E-state index contributed by atoms with van der Waals surface area (Å²) in [6.07, 6.45) is 3.99. The highest BCUT2D eigenvalue weighted by atomic mass is 16.4. The van der Waals surface area contributed by atoms with Crippen LogP contribution in [0.2, 0.25) is 0 Å². The van der Waals surface area contributed by atoms with Gasteiger partial charge in [-0.15, -0.1) is 0 Å². The first-order chi connectivity index (χ1) is 4.36. The summed E-state index contributed by atoms with van der Waals surface area (Å²) >= 11 is 0. The number of aromatic nitrogens is 1. The number of H-pyrrole nitrogens is 1. The maximum Gasteiger partial charge on any atom is 0.416 e. The fraction of sp³-hybridized carbons (Fsp3) is 0.500. The van der Waals surface area contributed by atoms with Crippen molar-refractivity contribution in [2.24, 2.45) is 0 Å². The lowest BCUT2D eigenvalue weighted by atomic mass is 10.3. The Kier molecular flexibility index (Phi) is 0.806. The summed E-state index contributed by atoms with van der Waals surface area (Å²) in [6.45, 7) is 0. The molecule has 1 aromatic heterocycles. The molecule has 0 aliphatic heterocycles. The first-order valence-corrected chi connectivity index (χ1v) is 3.04. The summed E-state index contributed by atoms with van der Waals surface area (Å²) in [5, 5.41) is 0. The van der Waals surface area contributed by atoms with E-state index in [1.807, 2.05) is 0 Å². The number of hydrogen-bond donors (Lipinski definition) is 1. The Morgan fingerprint density at radius 1 is 1.67 bits per heavy atom. The second-order valence-electron chi connectivity index (χ2n) is 2.35. The average molecular weight is 125 g/mol. The van der Waals surface area contributed by atoms with Gasteiger partial charge in [0.1, 0.15) is 5.76 Å². The largest absolute Gasteiger partial charge is 0.416 e. The molecule has 0 bridgehead atoms. The summed E-state index contributed by atoms with van der Waals surface area (Å²) in [6, 6.07) is 0. The van der Waals surface area contributed by atoms with Crippen LogP contribution in [0.25, 0.3) is 0 Å². The van der Waals surface area contributed by atoms with Crippen molar-refractivity contribution in [3.8, 4) is 0 Å². The third kappa shape index (κ3) is 0.781. The lowest BCUT2D eigenvalue weighted by Crippen LogP contribution is -1.92. The van der Waals surface area contributed by atoms with Crippen molar-refractivity contribution in [3.05, 3.63) is 22.5 Å². The zero-order valence-electron chi connectivity index (χ0n) is 4.89. The number of rotatable bonds is 1. The fourth-order valence-electron chi connectivity index (χ4n) is 0.865. The van der Waals surface area contributed by atoms with E-state index in [1.54, 1.807) is 6.20 Å². The molecule has 1 saturated carbocycles. The number of aromatic amines is 1. The predicted octanol–water partition coefficient (Wildman–Crippen LogP) is 0.845. The molecule has 0 spiro atoms. The van der Waals surface area contributed by atoms with Gasteiger partial charge in [0.15, 0.2) is 0 Å². The number of oxazole rings is 1. The zero-order chi connectivity index (χ0) is 6.27. The summed E-state index contributed by atoms with van der Waals surface area (Å²) in [4.78, 5) is 12.9. The van der Waals surface area contributed by atoms with Crippen molar-refractivity contribution in [1.29, 1.82) is 0 Å². The summed E-state index contributed by atoms with van der Waals surface area (Å²) in [7, 11) is 0. The van der Waals surface area contributed by atoms with E-state index >= 15 is 0 Å². The van der Waals surface area contributed by atoms with Gasteiger partial charge < -0.3 is 4.42 Å². The second kappa shape index (κ2) is 1.50. The molecule has 0 atom stereocenters. The van der Waals surface area contributed by atoms with Crippen molar-refractivity contribution in [2.45, 2.75) is 18.8 Å². The van der Waals surface area contributed by atoms with Crippen LogP contribution in [0.4, 0.5) is 0 Å². The van der Waals surface area contributed by atoms with E-state index in [-0.39, 0.29) is 5.76 Å². The molecule has 1 N–H and O–H groups in total. The van der Waals surface area contributed by atoms with Crippen LogP contribution in [-0.2, 0) is 0 Å². The first-order valence-electron chi connectivity index (χ1n) is 3.04. The van der Waals surface area contributed by atoms with E-state index in [1.165, 1.54) is 12.8 Å². The molecule has 1 aromatic rings. The highest BCUT2D eigenvalue weighted by molar-refractivity contribution is 5.06. The molecule has 1 heterocycles. The van der Waals surface area contributed by atoms with Crippen molar-refractivity contribution < 1.29 is 4.42 Å². The molecule has 3 heteroatoms. The van der Waals surface area contributed by atoms with Gasteiger partial charge in [-0.3, -0.25) is 4.98 Å². The minimum Gasteiger partial charge on any atom is -0.413 e. The monoisotopic (exact) mass is 125 g/mol. The van der Waals surface area contributed by atoms with Crippen LogP contribution in [0, 0.1) is 0 Å². The number of nitrogens with one attached hydrogen (secondary N) is 1. The molecule has 0 saturated heterocycles. The van der Waals surface area contributed by atoms with E-state index in [4.69, 9.17) is 4.42 Å². The molecule has 0 amide bonds. The third-order valence-corrected chi connectivity index (χ3v) is 1.52. The average Bonchev–Trinajstić information content (AvgIpc) is 2.58. The second-order valence-corrected chi connectivity index (χ2v) is 2.35. The highest BCUT2D eigenvalue weighted by Gasteiger charge is 2.26. The molecular formula is C6H7NO2. The maximum atomic E-state index is 10.4. The van der Waals surface area contributed by atoms with Gasteiger partial charge in [0, 0.05) is 12.1 Å². The smallest absolute Gasteiger partial charge is 0.413 e. The van der Waals surface area contributed by atoms with Crippen molar-refractivity contribution >= 4 is 0 Å². The Hall–Kier alpha value is -0.990. The van der Waals surface area contributed by atoms with Crippen molar-refractivity contribution in [2.75, 3.05) is 0 Å². The molecule has 3 nitrogen and oxygen atoms in total. The van der Waals surface area contributed by atoms with Crippen LogP contribution in [0.15, 0.2) is 15.4 Å². The zero-order valence-corrected chi connectivity index (χ0v) is 4.89. The van der Waals surface area contributed by atoms with Gasteiger partial charge in [-0.25, -0.2) is 4.79 Å². The van der Waals surface area contributed by atoms with E-state index in [9.17, 15) is 4.79 Å². The van der Waals surface area contributed by atoms with E-state index < -0.39 is 0 Å². The molecular weight excluding hydrogens is 118 g/mol. The molecule has 48 valence electrons. The maximum absolute atomic E-state index is 10.4. The Morgan fingerprint density at radius 3 is 2.89 bits per heavy atom. The van der Waals surface area contributed by atoms with Crippen molar-refractivity contribution in [1.82, 2.24) is 4.98 Å². The van der Waals surface area contributed by atoms with Crippen LogP contribution in [-0.4, -0.2) is 4.98 Å². The van der Waals surface area contributed by atoms with Crippen LogP contribution in [0.3, 0.4) is 0 Å². The van der Waals surface area contributed by atoms with Gasteiger partial charge in [0.25, 0.3) is 0 Å². The minimum atomic E-state index is -0.336. The molecule has 1 aliphatic rings. The van der Waals surface area contributed by atoms with Gasteiger partial charge >= 0.3 is 5.76 Å². The Morgan fingerprint density at radius 2 is 2.44 bits per heavy atom. The lowest BCUT2D eigenvalue weighted by molar-refractivity contribution is 0.470. The van der Waals surface area contributed by atoms with Crippen LogP contribution < -0.4 is 5.76 Å². The van der Waals surface area contributed by atoms with E-state index in [0.717, 1.165) is 5.76 Å². The fourth-order valence-corrected chi connectivity index (χ4v) is 0.865. The minimum absolute atomic E-state index is 0.336. The Balaban J connectivity index is 2.38. The van der Waals surface area contributed by atoms with E-state index in [0.29, 0.717) is 5.92 Å². The first kappa shape index (κ1) is 4.85. The topological polar surface area (TPSA) is 46.0 Å². The Labute approximate surface area is 51.7 Å². The van der Waals surface area contributed by atoms with E-state index in [2.05, 4.69) is 4.98 Å².